The average molecular weight is 654 g/mol. The highest BCUT2D eigenvalue weighted by atomic mass is 16.5. The summed E-state index contributed by atoms with van der Waals surface area (Å²) in [6.07, 6.45) is 1.68. The number of carbonyl (C=O) groups is 4. The first-order valence-corrected chi connectivity index (χ1v) is 16.6. The molecule has 11 nitrogen and oxygen atoms in total. The number of benzene rings is 3. The molecule has 11 heteroatoms. The number of nitrogens with one attached hydrogen (secondary N) is 2. The Morgan fingerprint density at radius 2 is 1.60 bits per heavy atom. The number of nitrogens with zero attached hydrogens (tertiary/aromatic N) is 3. The zero-order valence-corrected chi connectivity index (χ0v) is 27.3. The van der Waals surface area contributed by atoms with Crippen molar-refractivity contribution in [2.75, 3.05) is 39.9 Å². The van der Waals surface area contributed by atoms with Crippen LogP contribution >= 0.6 is 0 Å². The highest BCUT2D eigenvalue weighted by Gasteiger charge is 2.41. The van der Waals surface area contributed by atoms with Crippen LogP contribution in [0.25, 0.3) is 0 Å². The zero-order valence-electron chi connectivity index (χ0n) is 27.3. The van der Waals surface area contributed by atoms with Crippen molar-refractivity contribution in [3.63, 3.8) is 0 Å². The summed E-state index contributed by atoms with van der Waals surface area (Å²) in [6.45, 7) is 1.93. The molecule has 252 valence electrons. The van der Waals surface area contributed by atoms with Gasteiger partial charge in [-0.1, -0.05) is 54.6 Å². The highest BCUT2D eigenvalue weighted by Crippen LogP contribution is 2.24. The lowest BCUT2D eigenvalue weighted by Gasteiger charge is -2.39. The zero-order chi connectivity index (χ0) is 33.5. The van der Waals surface area contributed by atoms with Crippen LogP contribution < -0.4 is 20.1 Å². The first kappa shape index (κ1) is 33.0. The average Bonchev–Trinajstić information content (AvgIpc) is 3.56. The maximum Gasteiger partial charge on any atom is 0.260 e. The summed E-state index contributed by atoms with van der Waals surface area (Å²) in [5.41, 5.74) is 2.74. The van der Waals surface area contributed by atoms with Gasteiger partial charge < -0.3 is 34.8 Å². The first-order chi connectivity index (χ1) is 23.4. The number of para-hydroxylation sites is 1. The molecule has 0 bridgehead atoms. The van der Waals surface area contributed by atoms with E-state index < -0.39 is 6.04 Å². The maximum atomic E-state index is 14.0. The molecule has 4 amide bonds. The summed E-state index contributed by atoms with van der Waals surface area (Å²) in [5.74, 6) is 0.700. The van der Waals surface area contributed by atoms with Gasteiger partial charge >= 0.3 is 0 Å². The topological polar surface area (TPSA) is 121 Å². The van der Waals surface area contributed by atoms with Crippen molar-refractivity contribution in [3.05, 3.63) is 95.6 Å². The predicted octanol–water partition coefficient (Wildman–Crippen LogP) is 2.53. The van der Waals surface area contributed by atoms with Gasteiger partial charge in [-0.25, -0.2) is 0 Å². The van der Waals surface area contributed by atoms with Crippen LogP contribution in [0, 0.1) is 0 Å². The third-order valence-corrected chi connectivity index (χ3v) is 9.56. The predicted molar refractivity (Wildman–Crippen MR) is 179 cm³/mol. The quantitative estimate of drug-likeness (QED) is 0.384. The number of hydrogen-bond acceptors (Lipinski definition) is 7. The first-order valence-electron chi connectivity index (χ1n) is 16.6. The van der Waals surface area contributed by atoms with E-state index in [9.17, 15) is 19.2 Å². The molecule has 3 aliphatic rings. The van der Waals surface area contributed by atoms with Gasteiger partial charge in [-0.15, -0.1) is 0 Å². The number of amides is 4. The summed E-state index contributed by atoms with van der Waals surface area (Å²) in [4.78, 5) is 59.6. The molecule has 2 fully saturated rings. The van der Waals surface area contributed by atoms with E-state index in [4.69, 9.17) is 9.47 Å². The van der Waals surface area contributed by atoms with E-state index in [1.54, 1.807) is 21.8 Å². The van der Waals surface area contributed by atoms with E-state index in [1.165, 1.54) is 0 Å². The van der Waals surface area contributed by atoms with Crippen molar-refractivity contribution in [1.82, 2.24) is 25.3 Å². The van der Waals surface area contributed by atoms with Gasteiger partial charge in [0.25, 0.3) is 5.91 Å². The Labute approximate surface area is 281 Å². The molecule has 6 rings (SSSR count). The lowest BCUT2D eigenvalue weighted by Crippen LogP contribution is -2.55. The number of hydrogen-bond donors (Lipinski definition) is 2. The van der Waals surface area contributed by atoms with Crippen molar-refractivity contribution in [1.29, 1.82) is 0 Å². The molecule has 3 aliphatic heterocycles. The third-order valence-electron chi connectivity index (χ3n) is 9.56. The normalized spacial score (nSPS) is 20.7. The fourth-order valence-electron chi connectivity index (χ4n) is 6.86. The minimum absolute atomic E-state index is 0.0575. The van der Waals surface area contributed by atoms with Crippen LogP contribution in [0.1, 0.15) is 36.0 Å². The molecule has 0 saturated carbocycles. The lowest BCUT2D eigenvalue weighted by atomic mass is 9.99. The third kappa shape index (κ3) is 7.96. The Kier molecular flexibility index (Phi) is 10.5. The van der Waals surface area contributed by atoms with Gasteiger partial charge in [0.1, 0.15) is 24.1 Å². The second-order valence-corrected chi connectivity index (χ2v) is 12.6. The van der Waals surface area contributed by atoms with Gasteiger partial charge in [0.2, 0.25) is 17.7 Å². The Morgan fingerprint density at radius 3 is 2.38 bits per heavy atom. The molecule has 3 aromatic rings. The molecule has 0 unspecified atom stereocenters. The second-order valence-electron chi connectivity index (χ2n) is 12.6. The van der Waals surface area contributed by atoms with Gasteiger partial charge in [0.15, 0.2) is 6.61 Å². The maximum absolute atomic E-state index is 14.0. The number of rotatable bonds is 8. The van der Waals surface area contributed by atoms with Crippen LogP contribution in [0.5, 0.6) is 11.5 Å². The van der Waals surface area contributed by atoms with E-state index in [0.717, 1.165) is 22.4 Å². The summed E-state index contributed by atoms with van der Waals surface area (Å²) in [7, 11) is 1.63. The molecule has 2 saturated heterocycles. The summed E-state index contributed by atoms with van der Waals surface area (Å²) >= 11 is 0. The summed E-state index contributed by atoms with van der Waals surface area (Å²) < 4.78 is 11.0. The monoisotopic (exact) mass is 653 g/mol. The molecule has 0 radical (unpaired) electrons. The van der Waals surface area contributed by atoms with E-state index in [1.807, 2.05) is 78.9 Å². The Morgan fingerprint density at radius 1 is 0.875 bits per heavy atom. The van der Waals surface area contributed by atoms with Crippen molar-refractivity contribution in [2.45, 2.75) is 56.9 Å². The Bertz CT molecular complexity index is 1610. The van der Waals surface area contributed by atoms with Gasteiger partial charge in [-0.3, -0.25) is 19.2 Å². The van der Waals surface area contributed by atoms with E-state index >= 15 is 0 Å². The molecule has 0 aromatic heterocycles. The highest BCUT2D eigenvalue weighted by molar-refractivity contribution is 5.91. The number of fused-ring (bicyclic) bond motifs is 2. The fraction of sp³-hybridized carbons (Fsp3) is 0.405. The minimum atomic E-state index is -0.659. The van der Waals surface area contributed by atoms with Crippen LogP contribution in [0.2, 0.25) is 0 Å². The molecule has 3 aromatic carbocycles. The lowest BCUT2D eigenvalue weighted by molar-refractivity contribution is -0.146. The fourth-order valence-corrected chi connectivity index (χ4v) is 6.86. The van der Waals surface area contributed by atoms with Crippen LogP contribution in [0.3, 0.4) is 0 Å². The van der Waals surface area contributed by atoms with Gasteiger partial charge in [0, 0.05) is 44.8 Å². The van der Waals surface area contributed by atoms with Crippen molar-refractivity contribution in [2.24, 2.45) is 0 Å². The van der Waals surface area contributed by atoms with Crippen molar-refractivity contribution >= 4 is 23.6 Å². The molecule has 2 atom stereocenters. The van der Waals surface area contributed by atoms with E-state index in [-0.39, 0.29) is 61.8 Å². The number of piperidine rings is 1. The van der Waals surface area contributed by atoms with Gasteiger partial charge in [-0.2, -0.15) is 0 Å². The Balaban J connectivity index is 1.16. The summed E-state index contributed by atoms with van der Waals surface area (Å²) in [6, 6.07) is 23.6. The molecule has 48 heavy (non-hydrogen) atoms. The van der Waals surface area contributed by atoms with E-state index in [2.05, 4.69) is 10.6 Å². The SMILES string of the molecule is COc1cccc(CN[C@H]2C[C@H]3C(=O)NCc4ccccc4CC(=O)N(C4CCN(C(=O)COc5ccccc5)CC4)CC(=O)N3C2)c1. The number of carbonyl (C=O) groups excluding carboxylic acids is 4. The van der Waals surface area contributed by atoms with E-state index in [0.29, 0.717) is 51.2 Å². The molecular weight excluding hydrogens is 610 g/mol. The standard InChI is InChI=1S/C37H43N5O6/c1-47-32-13-7-8-26(18-32)21-38-29-20-33-37(46)39-22-28-10-6-5-9-27(28)19-34(43)41(24-35(44)42(33)23-29)30-14-16-40(17-15-30)36(45)25-48-31-11-3-2-4-12-31/h2-13,18,29-30,33,38H,14-17,19-25H2,1H3,(H,39,46)/t29-,33-/m0/s1. The van der Waals surface area contributed by atoms with Crippen molar-refractivity contribution in [3.8, 4) is 11.5 Å². The van der Waals surface area contributed by atoms with Crippen LogP contribution in [-0.2, 0) is 38.7 Å². The van der Waals surface area contributed by atoms with Crippen molar-refractivity contribution < 1.29 is 28.7 Å². The molecule has 0 spiro atoms. The minimum Gasteiger partial charge on any atom is -0.497 e. The number of methoxy groups -OCH3 is 1. The molecule has 3 heterocycles. The van der Waals surface area contributed by atoms with Crippen LogP contribution in [0.15, 0.2) is 78.9 Å². The van der Waals surface area contributed by atoms with Crippen LogP contribution in [0.4, 0.5) is 0 Å². The largest absolute Gasteiger partial charge is 0.497 e. The van der Waals surface area contributed by atoms with Crippen LogP contribution in [-0.4, -0.2) is 96.3 Å². The van der Waals surface area contributed by atoms with Gasteiger partial charge in [0.05, 0.1) is 13.5 Å². The molecular formula is C37H43N5O6. The number of ether oxygens (including phenoxy) is 2. The smallest absolute Gasteiger partial charge is 0.260 e. The molecule has 0 aliphatic carbocycles. The Hall–Kier alpha value is -4.90. The number of likely N-dealkylation sites (tertiary alicyclic amines) is 1. The summed E-state index contributed by atoms with van der Waals surface area (Å²) in [5, 5.41) is 6.55. The van der Waals surface area contributed by atoms with Gasteiger partial charge in [-0.05, 0) is 60.2 Å². The second kappa shape index (κ2) is 15.3. The molecule has 2 N–H and O–H groups in total.